The number of nitrogens with one attached hydrogen (secondary N) is 1. The van der Waals surface area contributed by atoms with Gasteiger partial charge in [-0.1, -0.05) is 15.9 Å². The molecule has 1 unspecified atom stereocenters. The second kappa shape index (κ2) is 5.93. The minimum Gasteiger partial charge on any atom is -0.207 e. The number of halogens is 2. The molecule has 1 heterocycles. The van der Waals surface area contributed by atoms with Gasteiger partial charge in [-0.05, 0) is 44.2 Å². The molecule has 2 aromatic rings. The van der Waals surface area contributed by atoms with Crippen molar-refractivity contribution in [2.24, 2.45) is 0 Å². The lowest BCUT2D eigenvalue weighted by Gasteiger charge is -2.13. The van der Waals surface area contributed by atoms with Crippen LogP contribution in [0, 0.1) is 12.7 Å². The van der Waals surface area contributed by atoms with Crippen LogP contribution >= 0.6 is 27.3 Å². The van der Waals surface area contributed by atoms with E-state index in [1.54, 1.807) is 6.92 Å². The highest BCUT2D eigenvalue weighted by molar-refractivity contribution is 9.10. The number of benzene rings is 1. The van der Waals surface area contributed by atoms with Crippen molar-refractivity contribution in [2.45, 2.75) is 24.8 Å². The molecule has 0 spiro atoms. The first-order chi connectivity index (χ1) is 9.29. The van der Waals surface area contributed by atoms with Gasteiger partial charge in [0.15, 0.2) is 0 Å². The molecule has 0 saturated carbocycles. The number of aryl methyl sites for hydroxylation is 1. The van der Waals surface area contributed by atoms with Gasteiger partial charge in [0.1, 0.15) is 10.7 Å². The number of hydrogen-bond donors (Lipinski definition) is 1. The van der Waals surface area contributed by atoms with Crippen LogP contribution in [0.3, 0.4) is 0 Å². The van der Waals surface area contributed by atoms with E-state index in [9.17, 15) is 12.8 Å². The predicted molar refractivity (Wildman–Crippen MR) is 81.9 cm³/mol. The lowest BCUT2D eigenvalue weighted by atomic mass is 10.3. The Morgan fingerprint density at radius 3 is 2.55 bits per heavy atom. The minimum atomic E-state index is -3.89. The second-order valence-corrected chi connectivity index (χ2v) is 8.28. The van der Waals surface area contributed by atoms with Crippen LogP contribution in [0.15, 0.2) is 39.7 Å². The zero-order valence-electron chi connectivity index (χ0n) is 10.9. The summed E-state index contributed by atoms with van der Waals surface area (Å²) < 4.78 is 41.1. The van der Waals surface area contributed by atoms with Crippen molar-refractivity contribution in [2.75, 3.05) is 0 Å². The Morgan fingerprint density at radius 2 is 2.00 bits per heavy atom. The summed E-state index contributed by atoms with van der Waals surface area (Å²) in [6.45, 7) is 3.68. The Kier molecular flexibility index (Phi) is 4.63. The molecule has 1 N–H and O–H groups in total. The molecule has 1 aromatic heterocycles. The molecule has 0 amide bonds. The molecule has 0 fully saturated rings. The highest BCUT2D eigenvalue weighted by Gasteiger charge is 2.22. The normalized spacial score (nSPS) is 13.4. The maximum absolute atomic E-state index is 13.8. The van der Waals surface area contributed by atoms with Gasteiger partial charge in [0.25, 0.3) is 0 Å². The van der Waals surface area contributed by atoms with E-state index in [-0.39, 0.29) is 4.90 Å². The van der Waals surface area contributed by atoms with Crippen molar-refractivity contribution in [3.05, 3.63) is 50.4 Å². The fourth-order valence-corrected chi connectivity index (χ4v) is 4.30. The Hall–Kier alpha value is -0.760. The fourth-order valence-electron chi connectivity index (χ4n) is 1.73. The average molecular weight is 378 g/mol. The third-order valence-electron chi connectivity index (χ3n) is 2.70. The maximum atomic E-state index is 13.8. The van der Waals surface area contributed by atoms with Crippen LogP contribution in [0.25, 0.3) is 0 Å². The predicted octanol–water partition coefficient (Wildman–Crippen LogP) is 4.00. The van der Waals surface area contributed by atoms with Crippen molar-refractivity contribution >= 4 is 37.3 Å². The second-order valence-electron chi connectivity index (χ2n) is 4.37. The Morgan fingerprint density at radius 1 is 1.30 bits per heavy atom. The Bertz CT molecular complexity index is 728. The summed E-state index contributed by atoms with van der Waals surface area (Å²) in [6, 6.07) is 7.26. The molecule has 2 rings (SSSR count). The van der Waals surface area contributed by atoms with Crippen molar-refractivity contribution in [1.82, 2.24) is 4.72 Å². The molecular weight excluding hydrogens is 365 g/mol. The smallest absolute Gasteiger partial charge is 0.207 e. The van der Waals surface area contributed by atoms with E-state index in [1.165, 1.54) is 23.5 Å². The summed E-state index contributed by atoms with van der Waals surface area (Å²) in [5.41, 5.74) is 0. The van der Waals surface area contributed by atoms with E-state index in [1.807, 2.05) is 19.1 Å². The van der Waals surface area contributed by atoms with Crippen molar-refractivity contribution in [3.63, 3.8) is 0 Å². The summed E-state index contributed by atoms with van der Waals surface area (Å²) >= 11 is 4.61. The number of sulfonamides is 1. The van der Waals surface area contributed by atoms with Crippen molar-refractivity contribution < 1.29 is 12.8 Å². The average Bonchev–Trinajstić information content (AvgIpc) is 2.74. The summed E-state index contributed by atoms with van der Waals surface area (Å²) in [7, 11) is -3.89. The van der Waals surface area contributed by atoms with Crippen LogP contribution in [0.1, 0.15) is 22.7 Å². The van der Waals surface area contributed by atoms with E-state index in [4.69, 9.17) is 0 Å². The van der Waals surface area contributed by atoms with Gasteiger partial charge >= 0.3 is 0 Å². The third kappa shape index (κ3) is 3.46. The molecule has 20 heavy (non-hydrogen) atoms. The molecule has 1 atom stereocenters. The van der Waals surface area contributed by atoms with Gasteiger partial charge in [0.05, 0.1) is 6.04 Å². The lowest BCUT2D eigenvalue weighted by molar-refractivity contribution is 0.547. The lowest BCUT2D eigenvalue weighted by Crippen LogP contribution is -2.27. The summed E-state index contributed by atoms with van der Waals surface area (Å²) in [4.78, 5) is 1.64. The van der Waals surface area contributed by atoms with Crippen LogP contribution < -0.4 is 4.72 Å². The first-order valence-corrected chi connectivity index (χ1v) is 8.92. The maximum Gasteiger partial charge on any atom is 0.244 e. The minimum absolute atomic E-state index is 0.346. The summed E-state index contributed by atoms with van der Waals surface area (Å²) in [5.74, 6) is -0.776. The van der Waals surface area contributed by atoms with Gasteiger partial charge in [-0.2, -0.15) is 0 Å². The van der Waals surface area contributed by atoms with Crippen LogP contribution in [-0.2, 0) is 10.0 Å². The Labute approximate surface area is 130 Å². The van der Waals surface area contributed by atoms with E-state index in [2.05, 4.69) is 20.7 Å². The SMILES string of the molecule is Cc1ccc(C(C)NS(=O)(=O)c2ccc(Br)cc2F)s1. The zero-order valence-corrected chi connectivity index (χ0v) is 14.1. The summed E-state index contributed by atoms with van der Waals surface area (Å²) in [5, 5.41) is 0. The molecule has 0 bridgehead atoms. The molecular formula is C13H13BrFNO2S2. The van der Waals surface area contributed by atoms with E-state index in [0.717, 1.165) is 15.8 Å². The highest BCUT2D eigenvalue weighted by Crippen LogP contribution is 2.25. The van der Waals surface area contributed by atoms with Crippen LogP contribution in [-0.4, -0.2) is 8.42 Å². The van der Waals surface area contributed by atoms with E-state index >= 15 is 0 Å². The van der Waals surface area contributed by atoms with Crippen LogP contribution in [0.4, 0.5) is 4.39 Å². The highest BCUT2D eigenvalue weighted by atomic mass is 79.9. The standard InChI is InChI=1S/C13H13BrFNO2S2/c1-8-3-5-12(19-8)9(2)16-20(17,18)13-6-4-10(14)7-11(13)15/h3-7,9,16H,1-2H3. The van der Waals surface area contributed by atoms with Crippen LogP contribution in [0.5, 0.6) is 0 Å². The van der Waals surface area contributed by atoms with Gasteiger partial charge in [-0.15, -0.1) is 11.3 Å². The van der Waals surface area contributed by atoms with Gasteiger partial charge in [-0.25, -0.2) is 17.5 Å². The van der Waals surface area contributed by atoms with E-state index < -0.39 is 21.9 Å². The van der Waals surface area contributed by atoms with Crippen LogP contribution in [0.2, 0.25) is 0 Å². The van der Waals surface area contributed by atoms with Gasteiger partial charge in [0, 0.05) is 14.2 Å². The monoisotopic (exact) mass is 377 g/mol. The molecule has 1 aromatic carbocycles. The first-order valence-electron chi connectivity index (χ1n) is 5.83. The van der Waals surface area contributed by atoms with Gasteiger partial charge in [-0.3, -0.25) is 0 Å². The third-order valence-corrected chi connectivity index (χ3v) is 5.95. The molecule has 108 valence electrons. The molecule has 3 nitrogen and oxygen atoms in total. The molecule has 0 saturated heterocycles. The molecule has 0 aliphatic carbocycles. The quantitative estimate of drug-likeness (QED) is 0.874. The molecule has 0 radical (unpaired) electrons. The number of rotatable bonds is 4. The topological polar surface area (TPSA) is 46.2 Å². The Balaban J connectivity index is 2.27. The molecule has 0 aliphatic rings. The zero-order chi connectivity index (χ0) is 14.9. The largest absolute Gasteiger partial charge is 0.244 e. The van der Waals surface area contributed by atoms with Gasteiger partial charge in [0.2, 0.25) is 10.0 Å². The van der Waals surface area contributed by atoms with Crippen molar-refractivity contribution in [1.29, 1.82) is 0 Å². The summed E-state index contributed by atoms with van der Waals surface area (Å²) in [6.07, 6.45) is 0. The first kappa shape index (κ1) is 15.6. The van der Waals surface area contributed by atoms with Gasteiger partial charge < -0.3 is 0 Å². The van der Waals surface area contributed by atoms with E-state index in [0.29, 0.717) is 4.47 Å². The fraction of sp³-hybridized carbons (Fsp3) is 0.231. The number of thiophene rings is 1. The van der Waals surface area contributed by atoms with Crippen molar-refractivity contribution in [3.8, 4) is 0 Å². The molecule has 7 heteroatoms. The number of hydrogen-bond acceptors (Lipinski definition) is 3. The molecule has 0 aliphatic heterocycles.